The molecule has 2 amide bonds. The van der Waals surface area contributed by atoms with Gasteiger partial charge in [0, 0.05) is 18.3 Å². The Morgan fingerprint density at radius 1 is 0.941 bits per heavy atom. The summed E-state index contributed by atoms with van der Waals surface area (Å²) in [5.74, 6) is -0.204. The van der Waals surface area contributed by atoms with Crippen molar-refractivity contribution in [1.29, 1.82) is 0 Å². The molecule has 0 aromatic heterocycles. The van der Waals surface area contributed by atoms with Crippen molar-refractivity contribution in [2.45, 2.75) is 32.1 Å². The van der Waals surface area contributed by atoms with Gasteiger partial charge in [-0.1, -0.05) is 17.7 Å². The lowest BCUT2D eigenvalue weighted by Gasteiger charge is -2.13. The molecule has 0 bridgehead atoms. The minimum atomic E-state index is -0.604. The molecule has 34 heavy (non-hydrogen) atoms. The highest BCUT2D eigenvalue weighted by Gasteiger charge is 2.11. The van der Waals surface area contributed by atoms with E-state index >= 15 is 0 Å². The third-order valence-corrected chi connectivity index (χ3v) is 5.30. The van der Waals surface area contributed by atoms with Crippen molar-refractivity contribution < 1.29 is 28.6 Å². The number of rotatable bonds is 11. The third-order valence-electron chi connectivity index (χ3n) is 5.30. The number of amides is 2. The van der Waals surface area contributed by atoms with Crippen molar-refractivity contribution in [3.8, 4) is 11.5 Å². The molecule has 0 spiro atoms. The van der Waals surface area contributed by atoms with Gasteiger partial charge in [-0.15, -0.1) is 0 Å². The van der Waals surface area contributed by atoms with E-state index in [1.807, 2.05) is 0 Å². The molecule has 2 aromatic rings. The van der Waals surface area contributed by atoms with Crippen LogP contribution in [0.25, 0.3) is 0 Å². The number of hydrogen-bond acceptors (Lipinski definition) is 6. The first-order valence-electron chi connectivity index (χ1n) is 11.3. The normalized spacial score (nSPS) is 12.8. The van der Waals surface area contributed by atoms with Crippen LogP contribution in [0, 0.1) is 0 Å². The van der Waals surface area contributed by atoms with E-state index in [9.17, 15) is 14.4 Å². The fourth-order valence-corrected chi connectivity index (χ4v) is 3.49. The minimum Gasteiger partial charge on any atom is -0.497 e. The van der Waals surface area contributed by atoms with Gasteiger partial charge in [-0.2, -0.15) is 0 Å². The number of anilines is 1. The molecule has 8 heteroatoms. The van der Waals surface area contributed by atoms with E-state index in [4.69, 9.17) is 14.2 Å². The van der Waals surface area contributed by atoms with E-state index in [0.717, 1.165) is 19.3 Å². The maximum absolute atomic E-state index is 12.2. The highest BCUT2D eigenvalue weighted by atomic mass is 16.5. The second kappa shape index (κ2) is 13.0. The summed E-state index contributed by atoms with van der Waals surface area (Å²) in [6.45, 7) is 0.0122. The van der Waals surface area contributed by atoms with Crippen molar-refractivity contribution in [2.24, 2.45) is 0 Å². The molecular weight excluding hydrogens is 436 g/mol. The molecule has 1 aliphatic rings. The summed E-state index contributed by atoms with van der Waals surface area (Å²) in [5.41, 5.74) is 2.26. The largest absolute Gasteiger partial charge is 0.497 e. The summed E-state index contributed by atoms with van der Waals surface area (Å²) in [5, 5.41) is 5.49. The molecule has 0 unspecified atom stereocenters. The topological polar surface area (TPSA) is 103 Å². The van der Waals surface area contributed by atoms with Gasteiger partial charge < -0.3 is 24.8 Å². The first-order chi connectivity index (χ1) is 16.5. The van der Waals surface area contributed by atoms with E-state index < -0.39 is 5.97 Å². The van der Waals surface area contributed by atoms with Crippen molar-refractivity contribution in [1.82, 2.24) is 5.32 Å². The molecule has 8 nitrogen and oxygen atoms in total. The fourth-order valence-electron chi connectivity index (χ4n) is 3.49. The Bertz CT molecular complexity index is 1020. The lowest BCUT2D eigenvalue weighted by molar-refractivity contribution is -0.124. The SMILES string of the molecule is COc1cccc(NC(=O)COc2ccc(C(=O)OCC(=O)NCCC3=CCCCC3)cc2)c1. The van der Waals surface area contributed by atoms with Gasteiger partial charge in [-0.3, -0.25) is 9.59 Å². The maximum Gasteiger partial charge on any atom is 0.338 e. The van der Waals surface area contributed by atoms with Crippen LogP contribution in [0.2, 0.25) is 0 Å². The maximum atomic E-state index is 12.2. The van der Waals surface area contributed by atoms with Gasteiger partial charge in [0.1, 0.15) is 11.5 Å². The zero-order valence-corrected chi connectivity index (χ0v) is 19.3. The van der Waals surface area contributed by atoms with Gasteiger partial charge in [0.25, 0.3) is 11.8 Å². The number of methoxy groups -OCH3 is 1. The number of hydrogen-bond donors (Lipinski definition) is 2. The summed E-state index contributed by atoms with van der Waals surface area (Å²) in [4.78, 5) is 36.2. The standard InChI is InChI=1S/C26H30N2O6/c1-32-23-9-5-8-21(16-23)28-25(30)18-33-22-12-10-20(11-13-22)26(31)34-17-24(29)27-15-14-19-6-3-2-4-7-19/h5-6,8-13,16H,2-4,7,14-15,17-18H2,1H3,(H,27,29)(H,28,30). The zero-order chi connectivity index (χ0) is 24.2. The number of esters is 1. The molecule has 1 aliphatic carbocycles. The number of allylic oxidation sites excluding steroid dienone is 1. The second-order valence-corrected chi connectivity index (χ2v) is 7.88. The van der Waals surface area contributed by atoms with Crippen LogP contribution in [0.5, 0.6) is 11.5 Å². The molecule has 0 aliphatic heterocycles. The van der Waals surface area contributed by atoms with E-state index in [0.29, 0.717) is 23.7 Å². The van der Waals surface area contributed by atoms with Crippen molar-refractivity contribution in [2.75, 3.05) is 32.2 Å². The molecule has 180 valence electrons. The average Bonchev–Trinajstić information content (AvgIpc) is 2.87. The molecule has 0 heterocycles. The fraction of sp³-hybridized carbons (Fsp3) is 0.346. The molecule has 0 saturated heterocycles. The molecule has 2 N–H and O–H groups in total. The number of nitrogens with one attached hydrogen (secondary N) is 2. The van der Waals surface area contributed by atoms with Crippen LogP contribution >= 0.6 is 0 Å². The van der Waals surface area contributed by atoms with Crippen LogP contribution in [0.4, 0.5) is 5.69 Å². The molecule has 0 fully saturated rings. The zero-order valence-electron chi connectivity index (χ0n) is 19.3. The smallest absolute Gasteiger partial charge is 0.338 e. The lowest BCUT2D eigenvalue weighted by atomic mass is 9.97. The first kappa shape index (κ1) is 24.8. The Morgan fingerprint density at radius 3 is 2.50 bits per heavy atom. The Labute approximate surface area is 199 Å². The monoisotopic (exact) mass is 466 g/mol. The van der Waals surface area contributed by atoms with Crippen LogP contribution < -0.4 is 20.1 Å². The van der Waals surface area contributed by atoms with E-state index in [-0.39, 0.29) is 30.6 Å². The van der Waals surface area contributed by atoms with Crippen molar-refractivity contribution in [3.05, 3.63) is 65.7 Å². The highest BCUT2D eigenvalue weighted by molar-refractivity contribution is 5.92. The summed E-state index contributed by atoms with van der Waals surface area (Å²) in [7, 11) is 1.55. The minimum absolute atomic E-state index is 0.196. The quantitative estimate of drug-likeness (QED) is 0.385. The van der Waals surface area contributed by atoms with Gasteiger partial charge in [0.2, 0.25) is 0 Å². The molecule has 0 radical (unpaired) electrons. The number of carbonyl (C=O) groups excluding carboxylic acids is 3. The van der Waals surface area contributed by atoms with Crippen LogP contribution in [0.1, 0.15) is 42.5 Å². The summed E-state index contributed by atoms with van der Waals surface area (Å²) in [6.07, 6.45) is 7.73. The molecule has 2 aromatic carbocycles. The van der Waals surface area contributed by atoms with Crippen LogP contribution in [-0.2, 0) is 14.3 Å². The van der Waals surface area contributed by atoms with Crippen LogP contribution in [-0.4, -0.2) is 44.7 Å². The summed E-state index contributed by atoms with van der Waals surface area (Å²) >= 11 is 0. The predicted molar refractivity (Wildman–Crippen MR) is 128 cm³/mol. The lowest BCUT2D eigenvalue weighted by Crippen LogP contribution is -2.29. The van der Waals surface area contributed by atoms with Crippen molar-refractivity contribution in [3.63, 3.8) is 0 Å². The molecule has 0 atom stereocenters. The van der Waals surface area contributed by atoms with Crippen LogP contribution in [0.15, 0.2) is 60.2 Å². The second-order valence-electron chi connectivity index (χ2n) is 7.88. The third kappa shape index (κ3) is 8.27. The van der Waals surface area contributed by atoms with Gasteiger partial charge in [-0.05, 0) is 68.5 Å². The number of ether oxygens (including phenoxy) is 3. The summed E-state index contributed by atoms with van der Waals surface area (Å²) < 4.78 is 15.7. The summed E-state index contributed by atoms with van der Waals surface area (Å²) in [6, 6.07) is 13.2. The highest BCUT2D eigenvalue weighted by Crippen LogP contribution is 2.19. The Hall–Kier alpha value is -3.81. The predicted octanol–water partition coefficient (Wildman–Crippen LogP) is 3.88. The number of carbonyl (C=O) groups is 3. The molecule has 0 saturated carbocycles. The van der Waals surface area contributed by atoms with Crippen molar-refractivity contribution >= 4 is 23.5 Å². The van der Waals surface area contributed by atoms with E-state index in [1.54, 1.807) is 43.5 Å². The first-order valence-corrected chi connectivity index (χ1v) is 11.3. The molecular formula is C26H30N2O6. The van der Waals surface area contributed by atoms with E-state index in [2.05, 4.69) is 16.7 Å². The van der Waals surface area contributed by atoms with Gasteiger partial charge in [-0.25, -0.2) is 4.79 Å². The van der Waals surface area contributed by atoms with Crippen LogP contribution in [0.3, 0.4) is 0 Å². The Kier molecular flexibility index (Phi) is 9.52. The van der Waals surface area contributed by atoms with Gasteiger partial charge in [0.05, 0.1) is 12.7 Å². The van der Waals surface area contributed by atoms with E-state index in [1.165, 1.54) is 30.5 Å². The average molecular weight is 467 g/mol. The Morgan fingerprint density at radius 2 is 1.76 bits per heavy atom. The van der Waals surface area contributed by atoms with Gasteiger partial charge in [0.15, 0.2) is 13.2 Å². The number of benzene rings is 2. The van der Waals surface area contributed by atoms with Gasteiger partial charge >= 0.3 is 5.97 Å². The Balaban J connectivity index is 1.35. The molecule has 3 rings (SSSR count).